The smallest absolute Gasteiger partial charge is 0.243 e. The molecule has 150 valence electrons. The summed E-state index contributed by atoms with van der Waals surface area (Å²) in [5.74, 6) is 0.842. The SMILES string of the molecule is Cc1ccc(S(=O)(=O)N2CCN(C(=O)CCCOc3ccccc3)CC2)cc1. The van der Waals surface area contributed by atoms with Crippen LogP contribution in [0.25, 0.3) is 0 Å². The zero-order valence-corrected chi connectivity index (χ0v) is 16.9. The van der Waals surface area contributed by atoms with E-state index >= 15 is 0 Å². The zero-order valence-electron chi connectivity index (χ0n) is 16.1. The van der Waals surface area contributed by atoms with Gasteiger partial charge in [0.25, 0.3) is 0 Å². The highest BCUT2D eigenvalue weighted by atomic mass is 32.2. The van der Waals surface area contributed by atoms with Crippen LogP contribution >= 0.6 is 0 Å². The minimum Gasteiger partial charge on any atom is -0.494 e. The van der Waals surface area contributed by atoms with E-state index in [-0.39, 0.29) is 5.91 Å². The van der Waals surface area contributed by atoms with Gasteiger partial charge in [0.2, 0.25) is 15.9 Å². The number of carbonyl (C=O) groups is 1. The van der Waals surface area contributed by atoms with E-state index in [0.717, 1.165) is 11.3 Å². The lowest BCUT2D eigenvalue weighted by Gasteiger charge is -2.34. The number of benzene rings is 2. The van der Waals surface area contributed by atoms with E-state index < -0.39 is 10.0 Å². The van der Waals surface area contributed by atoms with E-state index in [9.17, 15) is 13.2 Å². The van der Waals surface area contributed by atoms with Crippen LogP contribution in [0.5, 0.6) is 5.75 Å². The average molecular weight is 403 g/mol. The normalized spacial score (nSPS) is 15.4. The molecule has 1 aliphatic rings. The molecule has 6 nitrogen and oxygen atoms in total. The molecule has 7 heteroatoms. The van der Waals surface area contributed by atoms with Gasteiger partial charge in [0.15, 0.2) is 0 Å². The molecule has 1 heterocycles. The van der Waals surface area contributed by atoms with E-state index in [1.165, 1.54) is 4.31 Å². The maximum absolute atomic E-state index is 12.7. The Morgan fingerprint density at radius 3 is 2.25 bits per heavy atom. The topological polar surface area (TPSA) is 66.9 Å². The first kappa shape index (κ1) is 20.4. The third-order valence-electron chi connectivity index (χ3n) is 4.80. The molecule has 28 heavy (non-hydrogen) atoms. The van der Waals surface area contributed by atoms with Crippen molar-refractivity contribution in [3.8, 4) is 5.75 Å². The molecule has 0 bridgehead atoms. The Balaban J connectivity index is 1.44. The Labute approximate surface area is 166 Å². The highest BCUT2D eigenvalue weighted by Crippen LogP contribution is 2.18. The van der Waals surface area contributed by atoms with Crippen LogP contribution in [-0.2, 0) is 14.8 Å². The number of carbonyl (C=O) groups excluding carboxylic acids is 1. The molecule has 0 saturated carbocycles. The number of hydrogen-bond acceptors (Lipinski definition) is 4. The summed E-state index contributed by atoms with van der Waals surface area (Å²) < 4.78 is 32.5. The van der Waals surface area contributed by atoms with Crippen LogP contribution in [0.15, 0.2) is 59.5 Å². The fourth-order valence-electron chi connectivity index (χ4n) is 3.13. The molecule has 0 N–H and O–H groups in total. The lowest BCUT2D eigenvalue weighted by molar-refractivity contribution is -0.132. The molecule has 1 saturated heterocycles. The summed E-state index contributed by atoms with van der Waals surface area (Å²) in [5, 5.41) is 0. The number of aryl methyl sites for hydroxylation is 1. The summed E-state index contributed by atoms with van der Waals surface area (Å²) in [6.07, 6.45) is 1.03. The lowest BCUT2D eigenvalue weighted by atomic mass is 10.2. The van der Waals surface area contributed by atoms with Crippen molar-refractivity contribution in [2.24, 2.45) is 0 Å². The van der Waals surface area contributed by atoms with Gasteiger partial charge in [0.1, 0.15) is 5.75 Å². The van der Waals surface area contributed by atoms with Crippen molar-refractivity contribution < 1.29 is 17.9 Å². The van der Waals surface area contributed by atoms with Crippen LogP contribution in [0.1, 0.15) is 18.4 Å². The van der Waals surface area contributed by atoms with Gasteiger partial charge in [-0.05, 0) is 37.6 Å². The van der Waals surface area contributed by atoms with Gasteiger partial charge in [-0.1, -0.05) is 35.9 Å². The molecule has 1 fully saturated rings. The van der Waals surface area contributed by atoms with Crippen LogP contribution in [0.4, 0.5) is 0 Å². The summed E-state index contributed by atoms with van der Waals surface area (Å²) in [6, 6.07) is 16.4. The van der Waals surface area contributed by atoms with Crippen LogP contribution in [-0.4, -0.2) is 56.3 Å². The van der Waals surface area contributed by atoms with Gasteiger partial charge in [-0.15, -0.1) is 0 Å². The van der Waals surface area contributed by atoms with Gasteiger partial charge in [0, 0.05) is 32.6 Å². The van der Waals surface area contributed by atoms with Crippen molar-refractivity contribution in [3.63, 3.8) is 0 Å². The Kier molecular flexibility index (Phi) is 6.70. The molecule has 2 aromatic rings. The van der Waals surface area contributed by atoms with E-state index in [4.69, 9.17) is 4.74 Å². The maximum atomic E-state index is 12.7. The molecule has 3 rings (SSSR count). The van der Waals surface area contributed by atoms with Gasteiger partial charge in [-0.3, -0.25) is 4.79 Å². The molecule has 0 spiro atoms. The van der Waals surface area contributed by atoms with Gasteiger partial charge >= 0.3 is 0 Å². The fourth-order valence-corrected chi connectivity index (χ4v) is 4.55. The molecule has 0 aliphatic carbocycles. The number of nitrogens with zero attached hydrogens (tertiary/aromatic N) is 2. The lowest BCUT2D eigenvalue weighted by Crippen LogP contribution is -2.50. The first-order valence-electron chi connectivity index (χ1n) is 9.49. The van der Waals surface area contributed by atoms with Crippen LogP contribution in [0, 0.1) is 6.92 Å². The van der Waals surface area contributed by atoms with Crippen LogP contribution in [0.2, 0.25) is 0 Å². The second-order valence-electron chi connectivity index (χ2n) is 6.86. The van der Waals surface area contributed by atoms with Gasteiger partial charge in [-0.2, -0.15) is 4.31 Å². The number of para-hydroxylation sites is 1. The third kappa shape index (κ3) is 5.11. The third-order valence-corrected chi connectivity index (χ3v) is 6.71. The number of ether oxygens (including phenoxy) is 1. The summed E-state index contributed by atoms with van der Waals surface area (Å²) in [6.45, 7) is 3.89. The predicted molar refractivity (Wildman–Crippen MR) is 108 cm³/mol. The Hall–Kier alpha value is -2.38. The summed E-state index contributed by atoms with van der Waals surface area (Å²) in [4.78, 5) is 14.4. The Morgan fingerprint density at radius 1 is 0.964 bits per heavy atom. The highest BCUT2D eigenvalue weighted by molar-refractivity contribution is 7.89. The largest absolute Gasteiger partial charge is 0.494 e. The molecule has 1 amide bonds. The minimum atomic E-state index is -3.50. The molecule has 0 atom stereocenters. The van der Waals surface area contributed by atoms with Crippen LogP contribution < -0.4 is 4.74 Å². The van der Waals surface area contributed by atoms with Gasteiger partial charge in [-0.25, -0.2) is 8.42 Å². The summed E-state index contributed by atoms with van der Waals surface area (Å²) in [5.41, 5.74) is 1.02. The van der Waals surface area contributed by atoms with E-state index in [1.54, 1.807) is 29.2 Å². The Morgan fingerprint density at radius 2 is 1.61 bits per heavy atom. The minimum absolute atomic E-state index is 0.0454. The molecule has 0 aromatic heterocycles. The van der Waals surface area contributed by atoms with Crippen molar-refractivity contribution >= 4 is 15.9 Å². The molecule has 2 aromatic carbocycles. The number of amides is 1. The van der Waals surface area contributed by atoms with E-state index in [1.807, 2.05) is 37.3 Å². The first-order valence-corrected chi connectivity index (χ1v) is 10.9. The van der Waals surface area contributed by atoms with Crippen molar-refractivity contribution in [1.29, 1.82) is 0 Å². The highest BCUT2D eigenvalue weighted by Gasteiger charge is 2.29. The molecule has 0 unspecified atom stereocenters. The van der Waals surface area contributed by atoms with Crippen molar-refractivity contribution in [1.82, 2.24) is 9.21 Å². The van der Waals surface area contributed by atoms with Crippen molar-refractivity contribution in [2.45, 2.75) is 24.7 Å². The fraction of sp³-hybridized carbons (Fsp3) is 0.381. The van der Waals surface area contributed by atoms with Crippen LogP contribution in [0.3, 0.4) is 0 Å². The monoisotopic (exact) mass is 402 g/mol. The molecule has 1 aliphatic heterocycles. The maximum Gasteiger partial charge on any atom is 0.243 e. The number of hydrogen-bond donors (Lipinski definition) is 0. The van der Waals surface area contributed by atoms with E-state index in [0.29, 0.717) is 50.5 Å². The summed E-state index contributed by atoms with van der Waals surface area (Å²) >= 11 is 0. The van der Waals surface area contributed by atoms with Gasteiger partial charge in [0.05, 0.1) is 11.5 Å². The predicted octanol–water partition coefficient (Wildman–Crippen LogP) is 2.69. The number of sulfonamides is 1. The molecular formula is C21H26N2O4S. The van der Waals surface area contributed by atoms with E-state index in [2.05, 4.69) is 0 Å². The average Bonchev–Trinajstić information content (AvgIpc) is 2.72. The number of piperazine rings is 1. The molecular weight excluding hydrogens is 376 g/mol. The first-order chi connectivity index (χ1) is 13.5. The number of rotatable bonds is 7. The molecule has 0 radical (unpaired) electrons. The standard InChI is InChI=1S/C21H26N2O4S/c1-18-9-11-20(12-10-18)28(25,26)23-15-13-22(14-16-23)21(24)8-5-17-27-19-6-3-2-4-7-19/h2-4,6-7,9-12H,5,8,13-17H2,1H3. The van der Waals surface area contributed by atoms with Crippen molar-refractivity contribution in [2.75, 3.05) is 32.8 Å². The van der Waals surface area contributed by atoms with Gasteiger partial charge < -0.3 is 9.64 Å². The quantitative estimate of drug-likeness (QED) is 0.668. The second-order valence-corrected chi connectivity index (χ2v) is 8.80. The summed E-state index contributed by atoms with van der Waals surface area (Å²) in [7, 11) is -3.50. The van der Waals surface area contributed by atoms with Crippen molar-refractivity contribution in [3.05, 3.63) is 60.2 Å². The zero-order chi connectivity index (χ0) is 20.0. The Bertz CT molecular complexity index is 874. The second kappa shape index (κ2) is 9.21.